The van der Waals surface area contributed by atoms with Crippen LogP contribution in [0.25, 0.3) is 0 Å². The van der Waals surface area contributed by atoms with Crippen LogP contribution in [0.1, 0.15) is 30.2 Å². The van der Waals surface area contributed by atoms with Crippen LogP contribution in [0.15, 0.2) is 11.4 Å². The molecule has 2 unspecified atom stereocenters. The van der Waals surface area contributed by atoms with Gasteiger partial charge in [0, 0.05) is 10.1 Å². The molecular weight excluding hydrogens is 248 g/mol. The van der Waals surface area contributed by atoms with E-state index in [2.05, 4.69) is 5.43 Å². The SMILES string of the molecule is NNC(c1sccc1Cl)C1CCCCS1. The predicted molar refractivity (Wildman–Crippen MR) is 69.5 cm³/mol. The average Bonchev–Trinajstić information content (AvgIpc) is 2.68. The van der Waals surface area contributed by atoms with E-state index in [1.54, 1.807) is 11.3 Å². The topological polar surface area (TPSA) is 38.0 Å². The van der Waals surface area contributed by atoms with Crippen LogP contribution < -0.4 is 11.3 Å². The summed E-state index contributed by atoms with van der Waals surface area (Å²) < 4.78 is 0. The number of hydrogen-bond donors (Lipinski definition) is 2. The molecule has 0 saturated carbocycles. The minimum Gasteiger partial charge on any atom is -0.271 e. The maximum absolute atomic E-state index is 6.14. The molecule has 1 aliphatic rings. The lowest BCUT2D eigenvalue weighted by atomic mass is 10.1. The summed E-state index contributed by atoms with van der Waals surface area (Å²) in [5, 5.41) is 3.43. The molecule has 3 N–H and O–H groups in total. The number of halogens is 1. The third-order valence-corrected chi connectivity index (χ3v) is 5.60. The number of thioether (sulfide) groups is 1. The number of thiophene rings is 1. The van der Waals surface area contributed by atoms with Gasteiger partial charge in [-0.25, -0.2) is 0 Å². The molecule has 1 aromatic heterocycles. The molecule has 2 rings (SSSR count). The molecule has 0 aromatic carbocycles. The van der Waals surface area contributed by atoms with E-state index in [1.807, 2.05) is 23.2 Å². The Morgan fingerprint density at radius 1 is 1.53 bits per heavy atom. The molecule has 1 saturated heterocycles. The summed E-state index contributed by atoms with van der Waals surface area (Å²) in [5.41, 5.74) is 2.92. The van der Waals surface area contributed by atoms with Crippen LogP contribution in [0, 0.1) is 0 Å². The molecule has 0 bridgehead atoms. The second-order valence-electron chi connectivity index (χ2n) is 3.68. The third-order valence-electron chi connectivity index (χ3n) is 2.69. The van der Waals surface area contributed by atoms with Crippen molar-refractivity contribution in [2.24, 2.45) is 5.84 Å². The third kappa shape index (κ3) is 2.68. The van der Waals surface area contributed by atoms with E-state index >= 15 is 0 Å². The minimum absolute atomic E-state index is 0.211. The Bertz CT molecular complexity index is 310. The maximum atomic E-state index is 6.14. The van der Waals surface area contributed by atoms with Gasteiger partial charge < -0.3 is 0 Å². The average molecular weight is 263 g/mol. The highest BCUT2D eigenvalue weighted by molar-refractivity contribution is 8.00. The largest absolute Gasteiger partial charge is 0.271 e. The van der Waals surface area contributed by atoms with Gasteiger partial charge in [-0.05, 0) is 30.0 Å². The summed E-state index contributed by atoms with van der Waals surface area (Å²) in [4.78, 5) is 1.18. The highest BCUT2D eigenvalue weighted by Crippen LogP contribution is 2.38. The van der Waals surface area contributed by atoms with Crippen LogP contribution in [-0.2, 0) is 0 Å². The molecule has 1 fully saturated rings. The molecule has 2 nitrogen and oxygen atoms in total. The van der Waals surface area contributed by atoms with E-state index in [4.69, 9.17) is 17.4 Å². The van der Waals surface area contributed by atoms with Gasteiger partial charge in [-0.2, -0.15) is 11.8 Å². The van der Waals surface area contributed by atoms with E-state index < -0.39 is 0 Å². The van der Waals surface area contributed by atoms with Crippen LogP contribution in [-0.4, -0.2) is 11.0 Å². The molecule has 0 spiro atoms. The molecule has 0 radical (unpaired) electrons. The van der Waals surface area contributed by atoms with Crippen LogP contribution in [0.4, 0.5) is 0 Å². The molecule has 2 heterocycles. The first-order valence-electron chi connectivity index (χ1n) is 5.13. The van der Waals surface area contributed by atoms with Crippen molar-refractivity contribution in [3.8, 4) is 0 Å². The summed E-state index contributed by atoms with van der Waals surface area (Å²) in [6, 6.07) is 2.15. The Hall–Kier alpha value is 0.260. The first kappa shape index (κ1) is 11.7. The zero-order valence-electron chi connectivity index (χ0n) is 8.41. The highest BCUT2D eigenvalue weighted by atomic mass is 35.5. The van der Waals surface area contributed by atoms with Crippen LogP contribution in [0.5, 0.6) is 0 Å². The molecular formula is C10H15ClN2S2. The van der Waals surface area contributed by atoms with E-state index in [1.165, 1.54) is 29.9 Å². The van der Waals surface area contributed by atoms with Crippen molar-refractivity contribution < 1.29 is 0 Å². The summed E-state index contributed by atoms with van der Waals surface area (Å²) in [5.74, 6) is 6.89. The minimum atomic E-state index is 0.211. The molecule has 5 heteroatoms. The Labute approximate surface area is 104 Å². The van der Waals surface area contributed by atoms with Crippen molar-refractivity contribution in [3.05, 3.63) is 21.3 Å². The van der Waals surface area contributed by atoms with Crippen molar-refractivity contribution in [1.29, 1.82) is 0 Å². The van der Waals surface area contributed by atoms with Gasteiger partial charge in [0.05, 0.1) is 11.1 Å². The van der Waals surface area contributed by atoms with Crippen molar-refractivity contribution in [1.82, 2.24) is 5.43 Å². The van der Waals surface area contributed by atoms with Gasteiger partial charge in [0.1, 0.15) is 0 Å². The smallest absolute Gasteiger partial charge is 0.0686 e. The Balaban J connectivity index is 2.12. The van der Waals surface area contributed by atoms with Gasteiger partial charge in [-0.15, -0.1) is 11.3 Å². The van der Waals surface area contributed by atoms with Gasteiger partial charge >= 0.3 is 0 Å². The van der Waals surface area contributed by atoms with Crippen LogP contribution >= 0.6 is 34.7 Å². The van der Waals surface area contributed by atoms with Gasteiger partial charge in [0.25, 0.3) is 0 Å². The number of hydrogen-bond acceptors (Lipinski definition) is 4. The first-order chi connectivity index (χ1) is 7.33. The van der Waals surface area contributed by atoms with Crippen molar-refractivity contribution >= 4 is 34.7 Å². The predicted octanol–water partition coefficient (Wildman–Crippen LogP) is 3.19. The lowest BCUT2D eigenvalue weighted by Crippen LogP contribution is -2.35. The van der Waals surface area contributed by atoms with Crippen LogP contribution in [0.2, 0.25) is 5.02 Å². The Morgan fingerprint density at radius 2 is 2.40 bits per heavy atom. The highest BCUT2D eigenvalue weighted by Gasteiger charge is 2.26. The standard InChI is InChI=1S/C10H15ClN2S2/c11-7-4-6-15-10(7)9(13-12)8-3-1-2-5-14-8/h4,6,8-9,13H,1-3,5,12H2. The zero-order chi connectivity index (χ0) is 10.7. The number of nitrogens with one attached hydrogen (secondary N) is 1. The molecule has 15 heavy (non-hydrogen) atoms. The van der Waals surface area contributed by atoms with Crippen molar-refractivity contribution in [2.45, 2.75) is 30.6 Å². The molecule has 1 aliphatic heterocycles. The van der Waals surface area contributed by atoms with Gasteiger partial charge in [0.2, 0.25) is 0 Å². The van der Waals surface area contributed by atoms with Gasteiger partial charge in [-0.3, -0.25) is 11.3 Å². The monoisotopic (exact) mass is 262 g/mol. The number of nitrogens with two attached hydrogens (primary N) is 1. The zero-order valence-corrected chi connectivity index (χ0v) is 10.8. The van der Waals surface area contributed by atoms with Crippen molar-refractivity contribution in [2.75, 3.05) is 5.75 Å². The molecule has 2 atom stereocenters. The van der Waals surface area contributed by atoms with Gasteiger partial charge in [-0.1, -0.05) is 18.0 Å². The molecule has 1 aromatic rings. The van der Waals surface area contributed by atoms with E-state index in [0.717, 1.165) is 5.02 Å². The summed E-state index contributed by atoms with van der Waals surface area (Å²) in [7, 11) is 0. The summed E-state index contributed by atoms with van der Waals surface area (Å²) in [6.07, 6.45) is 3.86. The van der Waals surface area contributed by atoms with E-state index in [-0.39, 0.29) is 6.04 Å². The number of hydrazine groups is 1. The fraction of sp³-hybridized carbons (Fsp3) is 0.600. The lowest BCUT2D eigenvalue weighted by molar-refractivity contribution is 0.498. The quantitative estimate of drug-likeness (QED) is 0.649. The Morgan fingerprint density at radius 3 is 2.93 bits per heavy atom. The lowest BCUT2D eigenvalue weighted by Gasteiger charge is -2.28. The summed E-state index contributed by atoms with van der Waals surface area (Å²) in [6.45, 7) is 0. The second kappa shape index (κ2) is 5.55. The fourth-order valence-electron chi connectivity index (χ4n) is 1.91. The summed E-state index contributed by atoms with van der Waals surface area (Å²) >= 11 is 9.83. The van der Waals surface area contributed by atoms with E-state index in [0.29, 0.717) is 5.25 Å². The molecule has 84 valence electrons. The normalized spacial score (nSPS) is 24.0. The Kier molecular flexibility index (Phi) is 4.34. The second-order valence-corrected chi connectivity index (χ2v) is 6.38. The first-order valence-corrected chi connectivity index (χ1v) is 7.44. The molecule has 0 aliphatic carbocycles. The van der Waals surface area contributed by atoms with Gasteiger partial charge in [0.15, 0.2) is 0 Å². The number of rotatable bonds is 3. The van der Waals surface area contributed by atoms with E-state index in [9.17, 15) is 0 Å². The van der Waals surface area contributed by atoms with Crippen LogP contribution in [0.3, 0.4) is 0 Å². The van der Waals surface area contributed by atoms with Crippen molar-refractivity contribution in [3.63, 3.8) is 0 Å². The molecule has 0 amide bonds. The maximum Gasteiger partial charge on any atom is 0.0686 e. The fourth-order valence-corrected chi connectivity index (χ4v) is 4.71.